The molecule has 88 valence electrons. The first kappa shape index (κ1) is 12.7. The van der Waals surface area contributed by atoms with Crippen LogP contribution in [-0.4, -0.2) is 33.6 Å². The molecule has 0 radical (unpaired) electrons. The van der Waals surface area contributed by atoms with E-state index in [1.165, 1.54) is 32.1 Å². The highest BCUT2D eigenvalue weighted by molar-refractivity contribution is 5.05. The van der Waals surface area contributed by atoms with Crippen LogP contribution in [-0.2, 0) is 9.47 Å². The Kier molecular flexibility index (Phi) is 6.64. The van der Waals surface area contributed by atoms with Crippen LogP contribution in [0.3, 0.4) is 0 Å². The zero-order chi connectivity index (χ0) is 10.9. The summed E-state index contributed by atoms with van der Waals surface area (Å²) in [4.78, 5) is 0. The van der Waals surface area contributed by atoms with Gasteiger partial charge in [0, 0.05) is 20.8 Å². The summed E-state index contributed by atoms with van der Waals surface area (Å²) in [5.74, 6) is 0. The summed E-state index contributed by atoms with van der Waals surface area (Å²) in [6.07, 6.45) is 8.74. The molecule has 0 heterocycles. The van der Waals surface area contributed by atoms with Gasteiger partial charge in [0.25, 0.3) is 0 Å². The molecule has 0 fully saturated rings. The second kappa shape index (κ2) is 7.85. The van der Waals surface area contributed by atoms with Gasteiger partial charge in [-0.2, -0.15) is 0 Å². The van der Waals surface area contributed by atoms with Gasteiger partial charge in [-0.25, -0.2) is 0 Å². The first-order valence-electron chi connectivity index (χ1n) is 5.81. The second-order valence-corrected chi connectivity index (χ2v) is 3.96. The molecule has 0 spiro atoms. The minimum absolute atomic E-state index is 0.120. The number of nitrogens with one attached hydrogen (secondary N) is 1. The summed E-state index contributed by atoms with van der Waals surface area (Å²) in [7, 11) is 3.33. The summed E-state index contributed by atoms with van der Waals surface area (Å²) in [6.45, 7) is 1.79. The molecule has 3 nitrogen and oxygen atoms in total. The number of allylic oxidation sites excluding steroid dienone is 1. The number of hydrogen-bond acceptors (Lipinski definition) is 3. The van der Waals surface area contributed by atoms with E-state index < -0.39 is 0 Å². The van der Waals surface area contributed by atoms with Crippen LogP contribution < -0.4 is 5.32 Å². The molecule has 1 aliphatic carbocycles. The van der Waals surface area contributed by atoms with E-state index >= 15 is 0 Å². The molecule has 1 rings (SSSR count). The highest BCUT2D eigenvalue weighted by atomic mass is 16.7. The second-order valence-electron chi connectivity index (χ2n) is 3.96. The minimum Gasteiger partial charge on any atom is -0.355 e. The van der Waals surface area contributed by atoms with Crippen LogP contribution in [0.4, 0.5) is 0 Å². The third-order valence-corrected chi connectivity index (χ3v) is 2.84. The van der Waals surface area contributed by atoms with E-state index in [1.807, 2.05) is 0 Å². The van der Waals surface area contributed by atoms with Crippen molar-refractivity contribution in [1.82, 2.24) is 5.32 Å². The molecule has 0 saturated heterocycles. The maximum atomic E-state index is 5.09. The van der Waals surface area contributed by atoms with Crippen molar-refractivity contribution in [3.8, 4) is 0 Å². The Bertz CT molecular complexity index is 188. The molecule has 15 heavy (non-hydrogen) atoms. The molecule has 3 heteroatoms. The Morgan fingerprint density at radius 1 is 1.33 bits per heavy atom. The lowest BCUT2D eigenvalue weighted by Crippen LogP contribution is -2.30. The maximum absolute atomic E-state index is 5.09. The van der Waals surface area contributed by atoms with Gasteiger partial charge >= 0.3 is 0 Å². The van der Waals surface area contributed by atoms with E-state index in [1.54, 1.807) is 19.8 Å². The molecule has 0 bridgehead atoms. The summed E-state index contributed by atoms with van der Waals surface area (Å²) < 4.78 is 10.2. The summed E-state index contributed by atoms with van der Waals surface area (Å²) >= 11 is 0. The fourth-order valence-electron chi connectivity index (χ4n) is 1.86. The largest absolute Gasteiger partial charge is 0.355 e. The zero-order valence-electron chi connectivity index (χ0n) is 9.92. The normalized spacial score (nSPS) is 16.9. The number of ether oxygens (including phenoxy) is 2. The molecule has 1 N–H and O–H groups in total. The molecular weight excluding hydrogens is 190 g/mol. The first-order chi connectivity index (χ1) is 7.36. The lowest BCUT2D eigenvalue weighted by atomic mass is 9.97. The first-order valence-corrected chi connectivity index (χ1v) is 5.81. The Morgan fingerprint density at radius 2 is 2.13 bits per heavy atom. The quantitative estimate of drug-likeness (QED) is 0.399. The minimum atomic E-state index is -0.120. The van der Waals surface area contributed by atoms with Crippen molar-refractivity contribution in [1.29, 1.82) is 0 Å². The van der Waals surface area contributed by atoms with Crippen molar-refractivity contribution < 1.29 is 9.47 Å². The average molecular weight is 213 g/mol. The monoisotopic (exact) mass is 213 g/mol. The lowest BCUT2D eigenvalue weighted by Gasteiger charge is -2.16. The number of rotatable bonds is 7. The van der Waals surface area contributed by atoms with Crippen LogP contribution in [0, 0.1) is 0 Å². The van der Waals surface area contributed by atoms with Gasteiger partial charge in [0.2, 0.25) is 0 Å². The van der Waals surface area contributed by atoms with Crippen LogP contribution >= 0.6 is 0 Å². The molecule has 0 aromatic rings. The highest BCUT2D eigenvalue weighted by Crippen LogP contribution is 2.19. The molecule has 0 aromatic carbocycles. The van der Waals surface area contributed by atoms with Crippen LogP contribution in [0.2, 0.25) is 0 Å². The van der Waals surface area contributed by atoms with Crippen LogP contribution in [0.25, 0.3) is 0 Å². The molecule has 0 unspecified atom stereocenters. The van der Waals surface area contributed by atoms with Gasteiger partial charge in [0.15, 0.2) is 6.29 Å². The Balaban J connectivity index is 2.03. The van der Waals surface area contributed by atoms with Crippen molar-refractivity contribution in [3.63, 3.8) is 0 Å². The topological polar surface area (TPSA) is 30.5 Å². The predicted octanol–water partition coefficient (Wildman–Crippen LogP) is 2.09. The number of methoxy groups -OCH3 is 2. The molecular formula is C12H23NO2. The van der Waals surface area contributed by atoms with Gasteiger partial charge < -0.3 is 14.8 Å². The standard InChI is InChI=1S/C12H23NO2/c1-14-12(15-2)10-13-9-8-11-6-4-3-5-7-11/h6,12-13H,3-5,7-10H2,1-2H3. The van der Waals surface area contributed by atoms with Crippen molar-refractivity contribution >= 4 is 0 Å². The van der Waals surface area contributed by atoms with E-state index in [0.29, 0.717) is 0 Å². The van der Waals surface area contributed by atoms with Crippen LogP contribution in [0.5, 0.6) is 0 Å². The van der Waals surface area contributed by atoms with Gasteiger partial charge in [-0.15, -0.1) is 0 Å². The molecule has 0 amide bonds. The van der Waals surface area contributed by atoms with Gasteiger partial charge in [0.05, 0.1) is 0 Å². The van der Waals surface area contributed by atoms with Crippen LogP contribution in [0.1, 0.15) is 32.1 Å². The lowest BCUT2D eigenvalue weighted by molar-refractivity contribution is -0.0986. The number of hydrogen-bond donors (Lipinski definition) is 1. The molecule has 0 aliphatic heterocycles. The van der Waals surface area contributed by atoms with E-state index in [-0.39, 0.29) is 6.29 Å². The molecule has 0 aromatic heterocycles. The van der Waals surface area contributed by atoms with E-state index in [0.717, 1.165) is 13.1 Å². The van der Waals surface area contributed by atoms with E-state index in [4.69, 9.17) is 9.47 Å². The molecule has 0 atom stereocenters. The average Bonchev–Trinajstić information content (AvgIpc) is 2.31. The molecule has 1 aliphatic rings. The Hall–Kier alpha value is -0.380. The van der Waals surface area contributed by atoms with Crippen molar-refractivity contribution in [2.75, 3.05) is 27.3 Å². The SMILES string of the molecule is COC(CNCCC1=CCCCC1)OC. The van der Waals surface area contributed by atoms with Crippen molar-refractivity contribution in [2.45, 2.75) is 38.4 Å². The summed E-state index contributed by atoms with van der Waals surface area (Å²) in [6, 6.07) is 0. The highest BCUT2D eigenvalue weighted by Gasteiger charge is 2.05. The van der Waals surface area contributed by atoms with Gasteiger partial charge in [-0.05, 0) is 38.6 Å². The Labute approximate surface area is 92.8 Å². The predicted molar refractivity (Wildman–Crippen MR) is 61.8 cm³/mol. The van der Waals surface area contributed by atoms with Crippen LogP contribution in [0.15, 0.2) is 11.6 Å². The van der Waals surface area contributed by atoms with Crippen molar-refractivity contribution in [3.05, 3.63) is 11.6 Å². The van der Waals surface area contributed by atoms with Gasteiger partial charge in [0.1, 0.15) is 0 Å². The van der Waals surface area contributed by atoms with E-state index in [2.05, 4.69) is 11.4 Å². The summed E-state index contributed by atoms with van der Waals surface area (Å²) in [5, 5.41) is 3.34. The van der Waals surface area contributed by atoms with Crippen molar-refractivity contribution in [2.24, 2.45) is 0 Å². The molecule has 0 saturated carbocycles. The third kappa shape index (κ3) is 5.30. The Morgan fingerprint density at radius 3 is 2.73 bits per heavy atom. The fourth-order valence-corrected chi connectivity index (χ4v) is 1.86. The van der Waals surface area contributed by atoms with Gasteiger partial charge in [-0.3, -0.25) is 0 Å². The fraction of sp³-hybridized carbons (Fsp3) is 0.833. The zero-order valence-corrected chi connectivity index (χ0v) is 9.92. The summed E-state index contributed by atoms with van der Waals surface area (Å²) in [5.41, 5.74) is 1.61. The van der Waals surface area contributed by atoms with Gasteiger partial charge in [-0.1, -0.05) is 11.6 Å². The third-order valence-electron chi connectivity index (χ3n) is 2.84. The van der Waals surface area contributed by atoms with E-state index in [9.17, 15) is 0 Å². The maximum Gasteiger partial charge on any atom is 0.169 e. The smallest absolute Gasteiger partial charge is 0.169 e.